The molecule has 3 aromatic heterocycles. The third kappa shape index (κ3) is 5.73. The molecule has 1 fully saturated rings. The second-order valence-electron chi connectivity index (χ2n) is 10.5. The highest BCUT2D eigenvalue weighted by Gasteiger charge is 2.16. The van der Waals surface area contributed by atoms with Crippen molar-refractivity contribution in [2.45, 2.75) is 39.7 Å². The van der Waals surface area contributed by atoms with Crippen LogP contribution >= 0.6 is 11.6 Å². The average Bonchev–Trinajstić information content (AvgIpc) is 3.51. The van der Waals surface area contributed by atoms with Crippen molar-refractivity contribution in [2.75, 3.05) is 25.0 Å². The lowest BCUT2D eigenvalue weighted by Crippen LogP contribution is -2.22. The standard InChI is InChI=1S/C33H33ClN6O/c1-3-40-31-25(19-29(32(40)41)28-13-10-24(20-30(28)34)27-7-6-15-35-22(27)2)21-36-33(38-31)37-26-11-8-23(9-12-26)14-18-39-16-4-5-17-39/h6-13,15,19-21H,3-5,14,16-18H2,1-2H3,(H,36,37,38). The van der Waals surface area contributed by atoms with E-state index in [4.69, 9.17) is 16.6 Å². The van der Waals surface area contributed by atoms with Crippen LogP contribution in [0.2, 0.25) is 5.02 Å². The van der Waals surface area contributed by atoms with Crippen LogP contribution in [-0.2, 0) is 13.0 Å². The number of aryl methyl sites for hydroxylation is 2. The van der Waals surface area contributed by atoms with Gasteiger partial charge in [-0.15, -0.1) is 0 Å². The number of benzene rings is 2. The number of anilines is 2. The lowest BCUT2D eigenvalue weighted by atomic mass is 9.99. The van der Waals surface area contributed by atoms with Crippen LogP contribution in [0.1, 0.15) is 31.0 Å². The van der Waals surface area contributed by atoms with Crippen molar-refractivity contribution >= 4 is 34.3 Å². The molecule has 41 heavy (non-hydrogen) atoms. The minimum absolute atomic E-state index is 0.140. The molecule has 0 spiro atoms. The number of nitrogens with zero attached hydrogens (tertiary/aromatic N) is 5. The summed E-state index contributed by atoms with van der Waals surface area (Å²) in [5.41, 5.74) is 6.76. The largest absolute Gasteiger partial charge is 0.324 e. The summed E-state index contributed by atoms with van der Waals surface area (Å²) in [6, 6.07) is 19.9. The minimum Gasteiger partial charge on any atom is -0.324 e. The summed E-state index contributed by atoms with van der Waals surface area (Å²) in [6.45, 7) is 7.92. The molecular weight excluding hydrogens is 532 g/mol. The summed E-state index contributed by atoms with van der Waals surface area (Å²) in [5.74, 6) is 0.450. The first kappa shape index (κ1) is 27.1. The highest BCUT2D eigenvalue weighted by Crippen LogP contribution is 2.33. The van der Waals surface area contributed by atoms with Crippen LogP contribution in [0.25, 0.3) is 33.3 Å². The van der Waals surface area contributed by atoms with E-state index in [2.05, 4.69) is 44.5 Å². The van der Waals surface area contributed by atoms with E-state index in [-0.39, 0.29) is 5.56 Å². The zero-order chi connectivity index (χ0) is 28.3. The van der Waals surface area contributed by atoms with Gasteiger partial charge in [0.25, 0.3) is 5.56 Å². The van der Waals surface area contributed by atoms with Crippen LogP contribution in [0.4, 0.5) is 11.6 Å². The van der Waals surface area contributed by atoms with Gasteiger partial charge in [0.2, 0.25) is 5.95 Å². The third-order valence-corrected chi connectivity index (χ3v) is 8.16. The minimum atomic E-state index is -0.140. The van der Waals surface area contributed by atoms with Crippen molar-refractivity contribution in [1.82, 2.24) is 24.4 Å². The molecule has 4 heterocycles. The van der Waals surface area contributed by atoms with Gasteiger partial charge in [-0.25, -0.2) is 4.98 Å². The first-order valence-electron chi connectivity index (χ1n) is 14.2. The number of nitrogens with one attached hydrogen (secondary N) is 1. The number of aromatic nitrogens is 4. The van der Waals surface area contributed by atoms with Gasteiger partial charge >= 0.3 is 0 Å². The van der Waals surface area contributed by atoms with E-state index in [0.29, 0.717) is 34.3 Å². The zero-order valence-electron chi connectivity index (χ0n) is 23.4. The Morgan fingerprint density at radius 3 is 2.49 bits per heavy atom. The molecule has 0 radical (unpaired) electrons. The molecular formula is C33H33ClN6O. The van der Waals surface area contributed by atoms with Gasteiger partial charge in [0.1, 0.15) is 5.65 Å². The first-order chi connectivity index (χ1) is 20.0. The quantitative estimate of drug-likeness (QED) is 0.221. The molecule has 0 atom stereocenters. The topological polar surface area (TPSA) is 75.9 Å². The highest BCUT2D eigenvalue weighted by atomic mass is 35.5. The molecule has 1 saturated heterocycles. The second-order valence-corrected chi connectivity index (χ2v) is 10.9. The van der Waals surface area contributed by atoms with Gasteiger partial charge in [0.05, 0.1) is 0 Å². The highest BCUT2D eigenvalue weighted by molar-refractivity contribution is 6.33. The summed E-state index contributed by atoms with van der Waals surface area (Å²) in [4.78, 5) is 29.8. The Morgan fingerprint density at radius 2 is 1.76 bits per heavy atom. The Labute approximate surface area is 244 Å². The van der Waals surface area contributed by atoms with E-state index in [0.717, 1.165) is 40.9 Å². The molecule has 0 aliphatic carbocycles. The Morgan fingerprint density at radius 1 is 0.951 bits per heavy atom. The molecule has 208 valence electrons. The summed E-state index contributed by atoms with van der Waals surface area (Å²) >= 11 is 6.75. The number of rotatable bonds is 8. The number of hydrogen-bond donors (Lipinski definition) is 1. The van der Waals surface area contributed by atoms with Crippen molar-refractivity contribution < 1.29 is 0 Å². The summed E-state index contributed by atoms with van der Waals surface area (Å²) in [7, 11) is 0. The molecule has 0 unspecified atom stereocenters. The van der Waals surface area contributed by atoms with E-state index < -0.39 is 0 Å². The van der Waals surface area contributed by atoms with Gasteiger partial charge in [0.15, 0.2) is 0 Å². The predicted octanol–water partition coefficient (Wildman–Crippen LogP) is 6.88. The molecule has 0 bridgehead atoms. The monoisotopic (exact) mass is 564 g/mol. The SMILES string of the molecule is CCn1c(=O)c(-c2ccc(-c3cccnc3C)cc2Cl)cc2cnc(Nc3ccc(CCN4CCCC4)cc3)nc21. The van der Waals surface area contributed by atoms with E-state index in [1.54, 1.807) is 17.0 Å². The van der Waals surface area contributed by atoms with Crippen LogP contribution < -0.4 is 10.9 Å². The van der Waals surface area contributed by atoms with E-state index in [1.165, 1.54) is 31.5 Å². The molecule has 0 saturated carbocycles. The van der Waals surface area contributed by atoms with Crippen LogP contribution in [0.3, 0.4) is 0 Å². The van der Waals surface area contributed by atoms with Gasteiger partial charge in [-0.3, -0.25) is 14.3 Å². The van der Waals surface area contributed by atoms with Crippen LogP contribution in [0.15, 0.2) is 77.9 Å². The Hall–Kier alpha value is -4.07. The van der Waals surface area contributed by atoms with Crippen molar-refractivity contribution in [2.24, 2.45) is 0 Å². The maximum Gasteiger partial charge on any atom is 0.260 e. The van der Waals surface area contributed by atoms with E-state index >= 15 is 0 Å². The van der Waals surface area contributed by atoms with Crippen LogP contribution in [0.5, 0.6) is 0 Å². The van der Waals surface area contributed by atoms with E-state index in [9.17, 15) is 4.79 Å². The molecule has 6 rings (SSSR count). The maximum absolute atomic E-state index is 13.6. The molecule has 1 aliphatic heterocycles. The average molecular weight is 565 g/mol. The zero-order valence-corrected chi connectivity index (χ0v) is 24.2. The van der Waals surface area contributed by atoms with Crippen molar-refractivity contribution in [3.05, 3.63) is 99.7 Å². The van der Waals surface area contributed by atoms with Crippen LogP contribution in [-0.4, -0.2) is 44.1 Å². The van der Waals surface area contributed by atoms with Crippen molar-refractivity contribution in [1.29, 1.82) is 0 Å². The second kappa shape index (κ2) is 11.8. The van der Waals surface area contributed by atoms with Crippen molar-refractivity contribution in [3.8, 4) is 22.3 Å². The molecule has 8 heteroatoms. The summed E-state index contributed by atoms with van der Waals surface area (Å²) in [6.07, 6.45) is 7.20. The fraction of sp³-hybridized carbons (Fsp3) is 0.273. The fourth-order valence-electron chi connectivity index (χ4n) is 5.57. The maximum atomic E-state index is 13.6. The third-order valence-electron chi connectivity index (χ3n) is 7.85. The summed E-state index contributed by atoms with van der Waals surface area (Å²) < 4.78 is 1.68. The number of hydrogen-bond acceptors (Lipinski definition) is 6. The molecule has 5 aromatic rings. The van der Waals surface area contributed by atoms with Gasteiger partial charge in [-0.05, 0) is 87.7 Å². The number of halogens is 1. The lowest BCUT2D eigenvalue weighted by Gasteiger charge is -2.15. The Kier molecular flexibility index (Phi) is 7.81. The molecule has 2 aromatic carbocycles. The van der Waals surface area contributed by atoms with Gasteiger partial charge in [-0.1, -0.05) is 41.9 Å². The fourth-order valence-corrected chi connectivity index (χ4v) is 5.86. The van der Waals surface area contributed by atoms with Gasteiger partial charge < -0.3 is 10.2 Å². The predicted molar refractivity (Wildman–Crippen MR) is 167 cm³/mol. The Balaban J connectivity index is 1.26. The molecule has 0 amide bonds. The van der Waals surface area contributed by atoms with Gasteiger partial charge in [-0.2, -0.15) is 4.98 Å². The normalized spacial score (nSPS) is 13.6. The molecule has 7 nitrogen and oxygen atoms in total. The van der Waals surface area contributed by atoms with Crippen molar-refractivity contribution in [3.63, 3.8) is 0 Å². The molecule has 1 N–H and O–H groups in total. The van der Waals surface area contributed by atoms with Crippen LogP contribution in [0, 0.1) is 6.92 Å². The molecule has 1 aliphatic rings. The van der Waals surface area contributed by atoms with Gasteiger partial charge in [0, 0.05) is 64.0 Å². The summed E-state index contributed by atoms with van der Waals surface area (Å²) in [5, 5.41) is 4.58. The number of pyridine rings is 2. The van der Waals surface area contributed by atoms with E-state index in [1.807, 2.05) is 50.2 Å². The Bertz CT molecular complexity index is 1760. The number of likely N-dealkylation sites (tertiary alicyclic amines) is 1. The first-order valence-corrected chi connectivity index (χ1v) is 14.6. The smallest absolute Gasteiger partial charge is 0.260 e. The lowest BCUT2D eigenvalue weighted by molar-refractivity contribution is 0.343. The number of fused-ring (bicyclic) bond motifs is 1.